The number of carbonyl (C=O) groups is 2. The molecule has 8 heteroatoms. The van der Waals surface area contributed by atoms with Gasteiger partial charge in [0.2, 0.25) is 21.8 Å². The van der Waals surface area contributed by atoms with Gasteiger partial charge < -0.3 is 10.2 Å². The predicted molar refractivity (Wildman–Crippen MR) is 136 cm³/mol. The fourth-order valence-electron chi connectivity index (χ4n) is 5.33. The zero-order chi connectivity index (χ0) is 24.9. The number of aryl methyl sites for hydroxylation is 2. The van der Waals surface area contributed by atoms with Crippen molar-refractivity contribution >= 4 is 33.2 Å². The largest absolute Gasteiger partial charge is 0.326 e. The summed E-state index contributed by atoms with van der Waals surface area (Å²) in [6.07, 6.45) is 3.53. The fourth-order valence-corrected chi connectivity index (χ4v) is 6.85. The molecule has 1 N–H and O–H groups in total. The van der Waals surface area contributed by atoms with Gasteiger partial charge in [-0.3, -0.25) is 9.59 Å². The maximum Gasteiger partial charge on any atom is 0.243 e. The van der Waals surface area contributed by atoms with Gasteiger partial charge in [0, 0.05) is 42.3 Å². The lowest BCUT2D eigenvalue weighted by atomic mass is 9.97. The number of fused-ring (bicyclic) bond motifs is 1. The predicted octanol–water partition coefficient (Wildman–Crippen LogP) is 4.03. The number of nitrogens with zero attached hydrogens (tertiary/aromatic N) is 2. The highest BCUT2D eigenvalue weighted by molar-refractivity contribution is 7.89. The number of benzene rings is 2. The summed E-state index contributed by atoms with van der Waals surface area (Å²) in [7, 11) is -3.66. The van der Waals surface area contributed by atoms with Gasteiger partial charge in [-0.15, -0.1) is 0 Å². The van der Waals surface area contributed by atoms with Crippen molar-refractivity contribution in [1.82, 2.24) is 4.31 Å². The van der Waals surface area contributed by atoms with Gasteiger partial charge in [0.05, 0.1) is 4.90 Å². The van der Waals surface area contributed by atoms with E-state index in [0.717, 1.165) is 40.9 Å². The standard InChI is InChI=1S/C27H33N3O4S/c1-17-4-8-24(18(2)14-17)28-26(31)20-10-12-29(13-11-20)35(33,34)23-7-9-25-22(16-23)15-19(3)30(25)27(32)21-5-6-21/h4,7-9,14,16,19-21H,5-6,10-13,15H2,1-3H3,(H,28,31). The topological polar surface area (TPSA) is 86.8 Å². The third kappa shape index (κ3) is 4.61. The minimum absolute atomic E-state index is 0.0440. The molecular formula is C27H33N3O4S. The number of piperidine rings is 1. The quantitative estimate of drug-likeness (QED) is 0.679. The van der Waals surface area contributed by atoms with E-state index in [-0.39, 0.29) is 34.6 Å². The third-order valence-electron chi connectivity index (χ3n) is 7.53. The molecule has 1 aliphatic carbocycles. The first kappa shape index (κ1) is 24.0. The van der Waals surface area contributed by atoms with Gasteiger partial charge in [-0.2, -0.15) is 4.31 Å². The van der Waals surface area contributed by atoms with Crippen LogP contribution in [0.4, 0.5) is 11.4 Å². The van der Waals surface area contributed by atoms with E-state index in [0.29, 0.717) is 32.4 Å². The van der Waals surface area contributed by atoms with Gasteiger partial charge in [0.15, 0.2) is 0 Å². The molecule has 3 aliphatic rings. The minimum Gasteiger partial charge on any atom is -0.326 e. The van der Waals surface area contributed by atoms with Crippen molar-refractivity contribution in [1.29, 1.82) is 0 Å². The van der Waals surface area contributed by atoms with Crippen LogP contribution in [0.15, 0.2) is 41.3 Å². The number of amides is 2. The number of carbonyl (C=O) groups excluding carboxylic acids is 2. The molecule has 0 radical (unpaired) electrons. The number of hydrogen-bond acceptors (Lipinski definition) is 4. The van der Waals surface area contributed by atoms with Gasteiger partial charge in [0.1, 0.15) is 0 Å². The van der Waals surface area contributed by atoms with Crippen LogP contribution in [0.1, 0.15) is 49.3 Å². The highest BCUT2D eigenvalue weighted by Gasteiger charge is 2.40. The first-order valence-electron chi connectivity index (χ1n) is 12.5. The van der Waals surface area contributed by atoms with Crippen LogP contribution >= 0.6 is 0 Å². The maximum absolute atomic E-state index is 13.4. The second kappa shape index (κ2) is 9.06. The highest BCUT2D eigenvalue weighted by atomic mass is 32.2. The Morgan fingerprint density at radius 2 is 1.66 bits per heavy atom. The normalized spacial score (nSPS) is 21.1. The Bertz CT molecular complexity index is 1280. The number of nitrogens with one attached hydrogen (secondary N) is 1. The fraction of sp³-hybridized carbons (Fsp3) is 0.481. The molecule has 1 atom stereocenters. The van der Waals surface area contributed by atoms with E-state index < -0.39 is 10.0 Å². The van der Waals surface area contributed by atoms with E-state index in [1.165, 1.54) is 4.31 Å². The summed E-state index contributed by atoms with van der Waals surface area (Å²) in [5, 5.41) is 3.01. The van der Waals surface area contributed by atoms with Gasteiger partial charge in [-0.1, -0.05) is 17.7 Å². The van der Waals surface area contributed by atoms with Crippen molar-refractivity contribution < 1.29 is 18.0 Å². The Morgan fingerprint density at radius 1 is 0.943 bits per heavy atom. The van der Waals surface area contributed by atoms with Crippen molar-refractivity contribution in [3.63, 3.8) is 0 Å². The zero-order valence-corrected chi connectivity index (χ0v) is 21.4. The smallest absolute Gasteiger partial charge is 0.243 e. The molecule has 5 rings (SSSR count). The Balaban J connectivity index is 1.25. The first-order valence-corrected chi connectivity index (χ1v) is 13.9. The summed E-state index contributed by atoms with van der Waals surface area (Å²) in [5.74, 6) is 0.0132. The average molecular weight is 496 g/mol. The molecule has 7 nitrogen and oxygen atoms in total. The van der Waals surface area contributed by atoms with Crippen LogP contribution < -0.4 is 10.2 Å². The molecule has 2 heterocycles. The van der Waals surface area contributed by atoms with E-state index in [9.17, 15) is 18.0 Å². The van der Waals surface area contributed by atoms with Crippen LogP contribution in [0.2, 0.25) is 0 Å². The molecule has 2 fully saturated rings. The lowest BCUT2D eigenvalue weighted by molar-refractivity contribution is -0.121. The van der Waals surface area contributed by atoms with Crippen LogP contribution in [-0.2, 0) is 26.0 Å². The Morgan fingerprint density at radius 3 is 2.31 bits per heavy atom. The lowest BCUT2D eigenvalue weighted by Crippen LogP contribution is -2.41. The summed E-state index contributed by atoms with van der Waals surface area (Å²) in [4.78, 5) is 27.6. The highest BCUT2D eigenvalue weighted by Crippen LogP contribution is 2.40. The molecule has 1 saturated heterocycles. The second-order valence-corrected chi connectivity index (χ2v) is 12.3. The molecule has 35 heavy (non-hydrogen) atoms. The number of anilines is 2. The van der Waals surface area contributed by atoms with Crippen LogP contribution in [0.25, 0.3) is 0 Å². The molecule has 1 unspecified atom stereocenters. The molecule has 0 bridgehead atoms. The van der Waals surface area contributed by atoms with E-state index in [1.54, 1.807) is 18.2 Å². The van der Waals surface area contributed by atoms with Gasteiger partial charge >= 0.3 is 0 Å². The summed E-state index contributed by atoms with van der Waals surface area (Å²) >= 11 is 0. The molecule has 1 saturated carbocycles. The van der Waals surface area contributed by atoms with Gasteiger partial charge in [0.25, 0.3) is 0 Å². The Hall–Kier alpha value is -2.71. The molecule has 2 aromatic rings. The third-order valence-corrected chi connectivity index (χ3v) is 9.43. The summed E-state index contributed by atoms with van der Waals surface area (Å²) in [5.41, 5.74) is 4.71. The van der Waals surface area contributed by atoms with E-state index in [2.05, 4.69) is 5.32 Å². The molecule has 0 aromatic heterocycles. The molecule has 0 spiro atoms. The lowest BCUT2D eigenvalue weighted by Gasteiger charge is -2.31. The van der Waals surface area contributed by atoms with Crippen LogP contribution in [-0.4, -0.2) is 43.7 Å². The van der Waals surface area contributed by atoms with Crippen LogP contribution in [0, 0.1) is 25.7 Å². The average Bonchev–Trinajstić information content (AvgIpc) is 3.62. The number of hydrogen-bond donors (Lipinski definition) is 1. The van der Waals surface area contributed by atoms with E-state index >= 15 is 0 Å². The maximum atomic E-state index is 13.4. The monoisotopic (exact) mass is 495 g/mol. The minimum atomic E-state index is -3.66. The summed E-state index contributed by atoms with van der Waals surface area (Å²) in [6.45, 7) is 6.62. The molecule has 2 aliphatic heterocycles. The van der Waals surface area contributed by atoms with Crippen molar-refractivity contribution in [3.8, 4) is 0 Å². The van der Waals surface area contributed by atoms with Crippen molar-refractivity contribution in [2.75, 3.05) is 23.3 Å². The number of sulfonamides is 1. The van der Waals surface area contributed by atoms with Crippen LogP contribution in [0.5, 0.6) is 0 Å². The number of rotatable bonds is 5. The van der Waals surface area contributed by atoms with Gasteiger partial charge in [-0.05, 0) is 88.3 Å². The SMILES string of the molecule is Cc1ccc(NC(=O)C2CCN(S(=O)(=O)c3ccc4c(c3)CC(C)N4C(=O)C3CC3)CC2)c(C)c1. The summed E-state index contributed by atoms with van der Waals surface area (Å²) in [6, 6.07) is 11.1. The Kier molecular flexibility index (Phi) is 6.21. The van der Waals surface area contributed by atoms with Crippen molar-refractivity contribution in [2.24, 2.45) is 11.8 Å². The van der Waals surface area contributed by atoms with Crippen LogP contribution in [0.3, 0.4) is 0 Å². The Labute approximate surface area is 207 Å². The molecule has 2 aromatic carbocycles. The first-order chi connectivity index (χ1) is 16.6. The molecular weight excluding hydrogens is 462 g/mol. The van der Waals surface area contributed by atoms with E-state index in [4.69, 9.17) is 0 Å². The molecule has 186 valence electrons. The second-order valence-electron chi connectivity index (χ2n) is 10.3. The van der Waals surface area contributed by atoms with Crippen molar-refractivity contribution in [2.45, 2.75) is 63.8 Å². The van der Waals surface area contributed by atoms with E-state index in [1.807, 2.05) is 43.9 Å². The van der Waals surface area contributed by atoms with Gasteiger partial charge in [-0.25, -0.2) is 8.42 Å². The zero-order valence-electron chi connectivity index (χ0n) is 20.6. The van der Waals surface area contributed by atoms with Crippen molar-refractivity contribution in [3.05, 3.63) is 53.1 Å². The summed E-state index contributed by atoms with van der Waals surface area (Å²) < 4.78 is 28.3. The molecule has 2 amide bonds.